The van der Waals surface area contributed by atoms with E-state index in [-0.39, 0.29) is 17.0 Å². The molecule has 3 fully saturated rings. The van der Waals surface area contributed by atoms with Gasteiger partial charge >= 0.3 is 10.4 Å². The van der Waals surface area contributed by atoms with Crippen molar-refractivity contribution in [3.63, 3.8) is 0 Å². The summed E-state index contributed by atoms with van der Waals surface area (Å²) >= 11 is 0. The Bertz CT molecular complexity index is 976. The number of methoxy groups -OCH3 is 1. The van der Waals surface area contributed by atoms with Crippen LogP contribution in [0.15, 0.2) is 43.1 Å². The summed E-state index contributed by atoms with van der Waals surface area (Å²) in [4.78, 5) is 6.86. The van der Waals surface area contributed by atoms with Crippen molar-refractivity contribution < 1.29 is 38.3 Å². The highest BCUT2D eigenvalue weighted by Crippen LogP contribution is 2.42. The molecule has 10 nitrogen and oxygen atoms in total. The number of pyridine rings is 1. The van der Waals surface area contributed by atoms with Crippen LogP contribution in [0.5, 0.6) is 5.75 Å². The van der Waals surface area contributed by atoms with Crippen LogP contribution in [-0.2, 0) is 10.4 Å². The van der Waals surface area contributed by atoms with Gasteiger partial charge in [-0.15, -0.1) is 6.58 Å². The van der Waals surface area contributed by atoms with Gasteiger partial charge in [-0.05, 0) is 61.1 Å². The van der Waals surface area contributed by atoms with E-state index in [9.17, 15) is 5.11 Å². The Kier molecular flexibility index (Phi) is 9.51. The van der Waals surface area contributed by atoms with Gasteiger partial charge in [0.2, 0.25) is 0 Å². The van der Waals surface area contributed by atoms with Gasteiger partial charge in [0.05, 0.1) is 18.7 Å². The van der Waals surface area contributed by atoms with Crippen molar-refractivity contribution in [2.45, 2.75) is 25.0 Å². The molecule has 2 aromatic rings. The summed E-state index contributed by atoms with van der Waals surface area (Å²) in [5.41, 5.74) is 1.85. The summed E-state index contributed by atoms with van der Waals surface area (Å²) in [6.07, 6.45) is 5.62. The van der Waals surface area contributed by atoms with Crippen molar-refractivity contribution in [1.29, 1.82) is 0 Å². The molecule has 2 bridgehead atoms. The maximum atomic E-state index is 11.2. The van der Waals surface area contributed by atoms with Crippen LogP contribution in [0.3, 0.4) is 0 Å². The molecule has 3 saturated heterocycles. The Morgan fingerprint density at radius 2 is 1.97 bits per heavy atom. The molecule has 1 aromatic carbocycles. The van der Waals surface area contributed by atoms with Crippen molar-refractivity contribution in [2.75, 3.05) is 20.2 Å². The van der Waals surface area contributed by atoms with E-state index in [0.717, 1.165) is 41.7 Å². The molecule has 3 aliphatic heterocycles. The zero-order valence-electron chi connectivity index (χ0n) is 17.2. The van der Waals surface area contributed by atoms with E-state index in [1.54, 1.807) is 13.3 Å². The molecule has 31 heavy (non-hydrogen) atoms. The first-order valence-corrected chi connectivity index (χ1v) is 10.8. The van der Waals surface area contributed by atoms with Gasteiger partial charge in [0.1, 0.15) is 5.75 Å². The lowest BCUT2D eigenvalue weighted by atomic mass is 9.73. The van der Waals surface area contributed by atoms with E-state index < -0.39 is 16.5 Å². The molecule has 0 saturated carbocycles. The monoisotopic (exact) mass is 458 g/mol. The Labute approximate surface area is 181 Å². The second-order valence-corrected chi connectivity index (χ2v) is 8.32. The quantitative estimate of drug-likeness (QED) is 0.445. The molecule has 3 aliphatic rings. The molecule has 7 N–H and O–H groups in total. The topological polar surface area (TPSA) is 183 Å². The zero-order valence-corrected chi connectivity index (χ0v) is 18.0. The SMILES string of the molecule is C=C[C@@H]1CN2CCC1C[C@H]2C(O)c1ccnc2ccc(OC)cc12.O.O.O=S(=O)(O)O. The minimum Gasteiger partial charge on any atom is -0.497 e. The molecule has 3 unspecified atom stereocenters. The van der Waals surface area contributed by atoms with Gasteiger partial charge in [0, 0.05) is 24.2 Å². The number of hydrogen-bond acceptors (Lipinski definition) is 6. The minimum absolute atomic E-state index is 0. The number of hydrogen-bond donors (Lipinski definition) is 3. The van der Waals surface area contributed by atoms with Crippen molar-refractivity contribution in [2.24, 2.45) is 11.8 Å². The van der Waals surface area contributed by atoms with E-state index in [0.29, 0.717) is 11.8 Å². The van der Waals surface area contributed by atoms with Crippen LogP contribution >= 0.6 is 0 Å². The van der Waals surface area contributed by atoms with E-state index >= 15 is 0 Å². The number of piperidine rings is 3. The first-order valence-electron chi connectivity index (χ1n) is 9.38. The molecule has 0 aliphatic carbocycles. The molecule has 0 radical (unpaired) electrons. The number of aliphatic hydroxyl groups excluding tert-OH is 1. The minimum atomic E-state index is -4.67. The zero-order chi connectivity index (χ0) is 21.2. The molecule has 5 rings (SSSR count). The van der Waals surface area contributed by atoms with Crippen molar-refractivity contribution >= 4 is 21.3 Å². The van der Waals surface area contributed by atoms with E-state index in [2.05, 4.69) is 22.5 Å². The summed E-state index contributed by atoms with van der Waals surface area (Å²) in [5.74, 6) is 2.01. The molecular formula is C20H30N2O8S. The lowest BCUT2D eigenvalue weighted by molar-refractivity contribution is -0.0444. The molecule has 0 amide bonds. The molecular weight excluding hydrogens is 428 g/mol. The van der Waals surface area contributed by atoms with Gasteiger partial charge in [0.25, 0.3) is 0 Å². The number of ether oxygens (including phenoxy) is 1. The fourth-order valence-electron chi connectivity index (χ4n) is 4.44. The smallest absolute Gasteiger partial charge is 0.394 e. The van der Waals surface area contributed by atoms with Gasteiger partial charge in [-0.3, -0.25) is 19.0 Å². The normalized spacial score (nSPS) is 25.3. The van der Waals surface area contributed by atoms with Crippen LogP contribution in [-0.4, -0.2) is 69.7 Å². The van der Waals surface area contributed by atoms with Crippen LogP contribution in [0.25, 0.3) is 10.9 Å². The third-order valence-electron chi connectivity index (χ3n) is 5.82. The third kappa shape index (κ3) is 6.43. The first-order chi connectivity index (χ1) is 13.7. The van der Waals surface area contributed by atoms with E-state index in [1.807, 2.05) is 24.3 Å². The number of aliphatic hydroxyl groups is 1. The molecule has 5 atom stereocenters. The Hall–Kier alpha value is -2.12. The first kappa shape index (κ1) is 26.9. The molecule has 174 valence electrons. The van der Waals surface area contributed by atoms with Crippen LogP contribution < -0.4 is 4.74 Å². The predicted molar refractivity (Wildman–Crippen MR) is 116 cm³/mol. The van der Waals surface area contributed by atoms with Crippen molar-refractivity contribution in [1.82, 2.24) is 9.88 Å². The maximum absolute atomic E-state index is 11.2. The van der Waals surface area contributed by atoms with Crippen LogP contribution in [0.4, 0.5) is 0 Å². The van der Waals surface area contributed by atoms with Gasteiger partial charge in [0.15, 0.2) is 0 Å². The molecule has 1 aromatic heterocycles. The van der Waals surface area contributed by atoms with E-state index in [1.165, 1.54) is 6.42 Å². The molecule has 11 heteroatoms. The number of rotatable bonds is 4. The fraction of sp³-hybridized carbons (Fsp3) is 0.450. The maximum Gasteiger partial charge on any atom is 0.394 e. The van der Waals surface area contributed by atoms with Gasteiger partial charge in [-0.1, -0.05) is 6.08 Å². The number of fused-ring (bicyclic) bond motifs is 4. The predicted octanol–water partition coefficient (Wildman–Crippen LogP) is 0.871. The number of benzene rings is 1. The van der Waals surface area contributed by atoms with Crippen molar-refractivity contribution in [3.05, 3.63) is 48.7 Å². The van der Waals surface area contributed by atoms with Crippen LogP contribution in [0.1, 0.15) is 24.5 Å². The van der Waals surface area contributed by atoms with Crippen molar-refractivity contribution in [3.8, 4) is 5.75 Å². The summed E-state index contributed by atoms with van der Waals surface area (Å²) in [5, 5.41) is 12.1. The Morgan fingerprint density at radius 3 is 2.52 bits per heavy atom. The second kappa shape index (κ2) is 11.0. The van der Waals surface area contributed by atoms with Gasteiger partial charge in [-0.25, -0.2) is 0 Å². The highest BCUT2D eigenvalue weighted by atomic mass is 32.3. The third-order valence-corrected chi connectivity index (χ3v) is 5.82. The number of nitrogens with zero attached hydrogens (tertiary/aromatic N) is 2. The van der Waals surface area contributed by atoms with Gasteiger partial charge < -0.3 is 20.8 Å². The van der Waals surface area contributed by atoms with Crippen LogP contribution in [0.2, 0.25) is 0 Å². The average molecular weight is 459 g/mol. The standard InChI is InChI=1S/C20H24N2O2.H2O4S.2H2O/c1-3-13-12-22-9-7-14(13)10-19(22)20(23)16-6-8-21-18-5-4-15(24-2)11-17(16)18;1-5(2,3)4;;/h3-6,8,11,13-14,19-20,23H,1,7,9-10,12H2,2H3;(H2,1,2,3,4);2*1H2/t13-,14?,19+,20?;;;/m1.../s1. The largest absolute Gasteiger partial charge is 0.497 e. The van der Waals surface area contributed by atoms with Crippen LogP contribution in [0, 0.1) is 11.8 Å². The summed E-state index contributed by atoms with van der Waals surface area (Å²) < 4.78 is 36.9. The summed E-state index contributed by atoms with van der Waals surface area (Å²) in [6.45, 7) is 6.07. The summed E-state index contributed by atoms with van der Waals surface area (Å²) in [6, 6.07) is 7.96. The highest BCUT2D eigenvalue weighted by Gasteiger charge is 2.42. The number of aromatic nitrogens is 1. The average Bonchev–Trinajstić information content (AvgIpc) is 2.71. The fourth-order valence-corrected chi connectivity index (χ4v) is 4.44. The van der Waals surface area contributed by atoms with E-state index in [4.69, 9.17) is 22.3 Å². The Morgan fingerprint density at radius 1 is 1.29 bits per heavy atom. The molecule has 4 heterocycles. The lowest BCUT2D eigenvalue weighted by Crippen LogP contribution is -2.54. The van der Waals surface area contributed by atoms with Gasteiger partial charge in [-0.2, -0.15) is 8.42 Å². The Balaban J connectivity index is 0.000000622. The lowest BCUT2D eigenvalue weighted by Gasteiger charge is -2.50. The summed E-state index contributed by atoms with van der Waals surface area (Å²) in [7, 11) is -3.01. The molecule has 0 spiro atoms. The highest BCUT2D eigenvalue weighted by molar-refractivity contribution is 7.79. The second-order valence-electron chi connectivity index (χ2n) is 7.42.